The molecule has 2 aromatic rings. The molecule has 0 radical (unpaired) electrons. The Balaban J connectivity index is 1.62. The number of carbonyl (C=O) groups is 1. The molecule has 1 aliphatic rings. The Morgan fingerprint density at radius 2 is 1.65 bits per heavy atom. The van der Waals surface area contributed by atoms with Crippen LogP contribution in [0.1, 0.15) is 36.6 Å². The molecule has 1 heterocycles. The van der Waals surface area contributed by atoms with Crippen LogP contribution in [0.25, 0.3) is 0 Å². The molecule has 1 amide bonds. The predicted molar refractivity (Wildman–Crippen MR) is 93.0 cm³/mol. The Bertz CT molecular complexity index is 668. The van der Waals surface area contributed by atoms with Crippen LogP contribution in [0, 0.1) is 0 Å². The summed E-state index contributed by atoms with van der Waals surface area (Å²) >= 11 is 0. The van der Waals surface area contributed by atoms with Gasteiger partial charge in [-0.2, -0.15) is 0 Å². The summed E-state index contributed by atoms with van der Waals surface area (Å²) in [6.07, 6.45) is 1.02. The fraction of sp³-hybridized carbons (Fsp3) is 0.350. The Morgan fingerprint density at radius 1 is 1.00 bits per heavy atom. The molecule has 0 saturated carbocycles. The standard InChI is InChI=1S/C20H24N2O/c1-15(17-8-4-3-5-9-17)21-20(23)16(2)22-13-12-18-10-6-7-11-19(18)14-22/h3-11,15-16H,12-14H2,1-2H3,(H,21,23). The molecule has 0 aromatic heterocycles. The predicted octanol–water partition coefficient (Wildman–Crippen LogP) is 3.31. The highest BCUT2D eigenvalue weighted by atomic mass is 16.2. The van der Waals surface area contributed by atoms with Gasteiger partial charge in [0, 0.05) is 13.1 Å². The monoisotopic (exact) mass is 308 g/mol. The third kappa shape index (κ3) is 3.62. The average Bonchev–Trinajstić information content (AvgIpc) is 2.61. The summed E-state index contributed by atoms with van der Waals surface area (Å²) < 4.78 is 0. The van der Waals surface area contributed by atoms with Crippen molar-refractivity contribution in [2.24, 2.45) is 0 Å². The van der Waals surface area contributed by atoms with Crippen molar-refractivity contribution in [3.8, 4) is 0 Å². The van der Waals surface area contributed by atoms with Crippen molar-refractivity contribution in [2.75, 3.05) is 6.54 Å². The van der Waals surface area contributed by atoms with Crippen molar-refractivity contribution in [3.05, 3.63) is 71.3 Å². The van der Waals surface area contributed by atoms with E-state index in [1.54, 1.807) is 0 Å². The van der Waals surface area contributed by atoms with Gasteiger partial charge in [-0.1, -0.05) is 54.6 Å². The molecule has 23 heavy (non-hydrogen) atoms. The third-order valence-corrected chi connectivity index (χ3v) is 4.75. The van der Waals surface area contributed by atoms with Crippen molar-refractivity contribution in [3.63, 3.8) is 0 Å². The number of nitrogens with one attached hydrogen (secondary N) is 1. The smallest absolute Gasteiger partial charge is 0.237 e. The van der Waals surface area contributed by atoms with Crippen LogP contribution in [-0.4, -0.2) is 23.4 Å². The quantitative estimate of drug-likeness (QED) is 0.940. The van der Waals surface area contributed by atoms with Crippen LogP contribution in [0.15, 0.2) is 54.6 Å². The lowest BCUT2D eigenvalue weighted by Gasteiger charge is -2.33. The lowest BCUT2D eigenvalue weighted by atomic mass is 9.98. The molecule has 3 rings (SSSR count). The normalized spacial score (nSPS) is 17.1. The molecular formula is C20H24N2O. The highest BCUT2D eigenvalue weighted by Crippen LogP contribution is 2.20. The molecular weight excluding hydrogens is 284 g/mol. The first-order chi connectivity index (χ1) is 11.1. The molecule has 120 valence electrons. The van der Waals surface area contributed by atoms with Gasteiger partial charge in [-0.3, -0.25) is 9.69 Å². The third-order valence-electron chi connectivity index (χ3n) is 4.75. The van der Waals surface area contributed by atoms with Gasteiger partial charge < -0.3 is 5.32 Å². The zero-order chi connectivity index (χ0) is 16.2. The molecule has 0 fully saturated rings. The maximum Gasteiger partial charge on any atom is 0.237 e. The fourth-order valence-electron chi connectivity index (χ4n) is 3.17. The van der Waals surface area contributed by atoms with E-state index in [4.69, 9.17) is 0 Å². The summed E-state index contributed by atoms with van der Waals surface area (Å²) in [5.41, 5.74) is 3.89. The van der Waals surface area contributed by atoms with Crippen LogP contribution in [0.5, 0.6) is 0 Å². The van der Waals surface area contributed by atoms with Gasteiger partial charge in [0.05, 0.1) is 12.1 Å². The summed E-state index contributed by atoms with van der Waals surface area (Å²) in [4.78, 5) is 14.8. The first kappa shape index (κ1) is 15.8. The van der Waals surface area contributed by atoms with Crippen molar-refractivity contribution in [1.82, 2.24) is 10.2 Å². The van der Waals surface area contributed by atoms with Gasteiger partial charge in [-0.15, -0.1) is 0 Å². The number of nitrogens with zero attached hydrogens (tertiary/aromatic N) is 1. The molecule has 1 N–H and O–H groups in total. The number of hydrogen-bond acceptors (Lipinski definition) is 2. The average molecular weight is 308 g/mol. The van der Waals surface area contributed by atoms with Crippen LogP contribution in [-0.2, 0) is 17.8 Å². The largest absolute Gasteiger partial charge is 0.348 e. The topological polar surface area (TPSA) is 32.3 Å². The van der Waals surface area contributed by atoms with Gasteiger partial charge in [-0.25, -0.2) is 0 Å². The van der Waals surface area contributed by atoms with E-state index in [9.17, 15) is 4.79 Å². The molecule has 0 saturated heterocycles. The van der Waals surface area contributed by atoms with Crippen molar-refractivity contribution in [1.29, 1.82) is 0 Å². The van der Waals surface area contributed by atoms with Crippen LogP contribution < -0.4 is 5.32 Å². The fourth-order valence-corrected chi connectivity index (χ4v) is 3.17. The van der Waals surface area contributed by atoms with Crippen LogP contribution in [0.2, 0.25) is 0 Å². The van der Waals surface area contributed by atoms with Gasteiger partial charge in [0.25, 0.3) is 0 Å². The van der Waals surface area contributed by atoms with Crippen LogP contribution >= 0.6 is 0 Å². The zero-order valence-corrected chi connectivity index (χ0v) is 13.8. The Kier molecular flexibility index (Phi) is 4.77. The van der Waals surface area contributed by atoms with E-state index in [-0.39, 0.29) is 18.0 Å². The number of amides is 1. The maximum absolute atomic E-state index is 12.6. The highest BCUT2D eigenvalue weighted by Gasteiger charge is 2.25. The van der Waals surface area contributed by atoms with E-state index >= 15 is 0 Å². The van der Waals surface area contributed by atoms with Crippen molar-refractivity contribution < 1.29 is 4.79 Å². The molecule has 2 atom stereocenters. The second-order valence-corrected chi connectivity index (χ2v) is 6.31. The van der Waals surface area contributed by atoms with Gasteiger partial charge in [0.1, 0.15) is 0 Å². The molecule has 1 aliphatic heterocycles. The lowest BCUT2D eigenvalue weighted by molar-refractivity contribution is -0.126. The van der Waals surface area contributed by atoms with E-state index in [2.05, 4.69) is 34.5 Å². The zero-order valence-electron chi connectivity index (χ0n) is 13.8. The number of carbonyl (C=O) groups excluding carboxylic acids is 1. The summed E-state index contributed by atoms with van der Waals surface area (Å²) in [5, 5.41) is 3.14. The summed E-state index contributed by atoms with van der Waals surface area (Å²) in [6.45, 7) is 5.82. The second kappa shape index (κ2) is 6.97. The molecule has 0 spiro atoms. The first-order valence-electron chi connectivity index (χ1n) is 8.31. The number of fused-ring (bicyclic) bond motifs is 1. The number of benzene rings is 2. The van der Waals surface area contributed by atoms with Crippen molar-refractivity contribution >= 4 is 5.91 Å². The molecule has 3 nitrogen and oxygen atoms in total. The molecule has 2 aromatic carbocycles. The number of rotatable bonds is 4. The van der Waals surface area contributed by atoms with Crippen molar-refractivity contribution in [2.45, 2.75) is 38.9 Å². The van der Waals surface area contributed by atoms with Crippen LogP contribution in [0.4, 0.5) is 0 Å². The van der Waals surface area contributed by atoms with E-state index in [0.717, 1.165) is 25.1 Å². The van der Waals surface area contributed by atoms with Gasteiger partial charge in [0.15, 0.2) is 0 Å². The summed E-state index contributed by atoms with van der Waals surface area (Å²) in [6, 6.07) is 18.5. The highest BCUT2D eigenvalue weighted by molar-refractivity contribution is 5.81. The second-order valence-electron chi connectivity index (χ2n) is 6.31. The van der Waals surface area contributed by atoms with E-state index in [1.807, 2.05) is 44.2 Å². The van der Waals surface area contributed by atoms with Gasteiger partial charge >= 0.3 is 0 Å². The molecule has 0 bridgehead atoms. The van der Waals surface area contributed by atoms with E-state index in [1.165, 1.54) is 11.1 Å². The minimum atomic E-state index is -0.116. The summed E-state index contributed by atoms with van der Waals surface area (Å²) in [7, 11) is 0. The molecule has 0 aliphatic carbocycles. The lowest BCUT2D eigenvalue weighted by Crippen LogP contribution is -2.47. The molecule has 3 heteroatoms. The summed E-state index contributed by atoms with van der Waals surface area (Å²) in [5.74, 6) is 0.0979. The molecule has 2 unspecified atom stereocenters. The van der Waals surface area contributed by atoms with E-state index in [0.29, 0.717) is 0 Å². The number of hydrogen-bond donors (Lipinski definition) is 1. The SMILES string of the molecule is CC(NC(=O)C(C)N1CCc2ccccc2C1)c1ccccc1. The Hall–Kier alpha value is -2.13. The maximum atomic E-state index is 12.6. The minimum Gasteiger partial charge on any atom is -0.348 e. The minimum absolute atomic E-state index is 0.0308. The first-order valence-corrected chi connectivity index (χ1v) is 8.31. The van der Waals surface area contributed by atoms with Crippen LogP contribution in [0.3, 0.4) is 0 Å². The van der Waals surface area contributed by atoms with Gasteiger partial charge in [-0.05, 0) is 37.0 Å². The van der Waals surface area contributed by atoms with Gasteiger partial charge in [0.2, 0.25) is 5.91 Å². The Morgan fingerprint density at radius 3 is 2.39 bits per heavy atom. The Labute approximate surface area is 138 Å². The van der Waals surface area contributed by atoms with E-state index < -0.39 is 0 Å².